The van der Waals surface area contributed by atoms with Gasteiger partial charge < -0.3 is 41.1 Å². The number of fused-ring (bicyclic) bond motifs is 3. The number of phenols is 1. The number of hydrogen-bond acceptors (Lipinski definition) is 11. The lowest BCUT2D eigenvalue weighted by atomic mass is 9.59. The molecule has 5 rings (SSSR count). The van der Waals surface area contributed by atoms with Crippen LogP contribution in [0.15, 0.2) is 47.2 Å². The van der Waals surface area contributed by atoms with E-state index in [0.717, 1.165) is 5.56 Å². The van der Waals surface area contributed by atoms with Crippen LogP contribution in [0.1, 0.15) is 45.5 Å². The van der Waals surface area contributed by atoms with Crippen LogP contribution in [-0.4, -0.2) is 70.7 Å². The number of amides is 1. The fourth-order valence-electron chi connectivity index (χ4n) is 6.48. The van der Waals surface area contributed by atoms with Crippen LogP contribution in [-0.2, 0) is 38.6 Å². The topological polar surface area (TPSA) is 200 Å². The minimum absolute atomic E-state index is 0.0394. The van der Waals surface area contributed by atoms with Crippen molar-refractivity contribution in [3.63, 3.8) is 0 Å². The molecule has 2 aromatic rings. The van der Waals surface area contributed by atoms with Gasteiger partial charge in [0.2, 0.25) is 5.78 Å². The largest absolute Gasteiger partial charge is 0.508 e. The van der Waals surface area contributed by atoms with Crippen molar-refractivity contribution in [2.45, 2.75) is 38.0 Å². The van der Waals surface area contributed by atoms with Crippen molar-refractivity contribution in [1.29, 1.82) is 0 Å². The standard InChI is InChI=1S/C31H33N3O9/c1-34(2)20-10-17(13-33-12-14-4-6-15(7-5-14)30(41)43-3)25(36)23-19(20)9-16-8-18-11-21(35)24(29(32)40)28(39)31(18,42)27(38)22(16)26(23)37/h4-7,10,16,18,33,36-37,39,42H,8-9,11-13H2,1-3H3,(H2,32,40)/t16?,18?,31-/m0/s1. The summed E-state index contributed by atoms with van der Waals surface area (Å²) >= 11 is 0. The number of benzene rings is 2. The van der Waals surface area contributed by atoms with Gasteiger partial charge >= 0.3 is 5.97 Å². The number of carbonyl (C=O) groups excluding carboxylic acids is 4. The third kappa shape index (κ3) is 4.72. The molecule has 43 heavy (non-hydrogen) atoms. The van der Waals surface area contributed by atoms with Gasteiger partial charge in [0.25, 0.3) is 5.91 Å². The summed E-state index contributed by atoms with van der Waals surface area (Å²) in [7, 11) is 4.92. The normalized spacial score (nSPS) is 23.0. The van der Waals surface area contributed by atoms with E-state index in [2.05, 4.69) is 5.32 Å². The number of nitrogens with zero attached hydrogens (tertiary/aromatic N) is 1. The van der Waals surface area contributed by atoms with E-state index in [9.17, 15) is 39.6 Å². The van der Waals surface area contributed by atoms with Crippen LogP contribution in [0.5, 0.6) is 5.75 Å². The first-order chi connectivity index (χ1) is 20.3. The fourth-order valence-corrected chi connectivity index (χ4v) is 6.48. The summed E-state index contributed by atoms with van der Waals surface area (Å²) < 4.78 is 4.72. The van der Waals surface area contributed by atoms with E-state index in [0.29, 0.717) is 28.9 Å². The number of nitrogens with one attached hydrogen (secondary N) is 1. The third-order valence-corrected chi connectivity index (χ3v) is 8.62. The van der Waals surface area contributed by atoms with Gasteiger partial charge in [0.15, 0.2) is 11.4 Å². The van der Waals surface area contributed by atoms with Crippen molar-refractivity contribution in [2.75, 3.05) is 26.1 Å². The molecule has 0 bridgehead atoms. The number of aliphatic hydroxyl groups excluding tert-OH is 2. The fraction of sp³-hybridized carbons (Fsp3) is 0.355. The maximum absolute atomic E-state index is 13.8. The number of aromatic hydroxyl groups is 1. The van der Waals surface area contributed by atoms with Crippen molar-refractivity contribution < 1.29 is 44.3 Å². The second kappa shape index (κ2) is 10.9. The van der Waals surface area contributed by atoms with Crippen molar-refractivity contribution in [3.8, 4) is 5.75 Å². The number of phenolic OH excluding ortho intramolecular Hbond substituents is 1. The van der Waals surface area contributed by atoms with Crippen LogP contribution in [0.3, 0.4) is 0 Å². The zero-order valence-electron chi connectivity index (χ0n) is 23.9. The molecule has 0 heterocycles. The number of Topliss-reactive ketones (excluding diaryl/α,β-unsaturated/α-hetero) is 2. The lowest BCUT2D eigenvalue weighted by Gasteiger charge is -2.46. The SMILES string of the molecule is COC(=O)c1ccc(CNCc2cc(N(C)C)c3c(c2O)C(O)=C2C(=O)[C@]4(O)C(O)=C(C(N)=O)C(=O)CC4CC2C3)cc1. The first kappa shape index (κ1) is 29.8. The van der Waals surface area contributed by atoms with Gasteiger partial charge in [-0.2, -0.15) is 0 Å². The van der Waals surface area contributed by atoms with Crippen LogP contribution < -0.4 is 16.0 Å². The molecular formula is C31H33N3O9. The van der Waals surface area contributed by atoms with E-state index in [1.807, 2.05) is 19.0 Å². The van der Waals surface area contributed by atoms with E-state index in [4.69, 9.17) is 10.5 Å². The Morgan fingerprint density at radius 1 is 1.09 bits per heavy atom. The van der Waals surface area contributed by atoms with E-state index in [1.54, 1.807) is 30.3 Å². The van der Waals surface area contributed by atoms with Gasteiger partial charge in [0, 0.05) is 56.3 Å². The Morgan fingerprint density at radius 2 is 1.77 bits per heavy atom. The third-order valence-electron chi connectivity index (χ3n) is 8.62. The summed E-state index contributed by atoms with van der Waals surface area (Å²) in [6, 6.07) is 8.62. The number of primary amides is 1. The number of carbonyl (C=O) groups is 4. The number of esters is 1. The van der Waals surface area contributed by atoms with Crippen LogP contribution in [0.4, 0.5) is 5.69 Å². The Morgan fingerprint density at radius 3 is 2.37 bits per heavy atom. The van der Waals surface area contributed by atoms with Crippen molar-refractivity contribution in [1.82, 2.24) is 5.32 Å². The number of ketones is 2. The quantitative estimate of drug-likeness (QED) is 0.202. The van der Waals surface area contributed by atoms with Gasteiger partial charge in [-0.05, 0) is 48.1 Å². The smallest absolute Gasteiger partial charge is 0.337 e. The molecule has 0 aromatic heterocycles. The van der Waals surface area contributed by atoms with E-state index < -0.39 is 58.0 Å². The highest BCUT2D eigenvalue weighted by Crippen LogP contribution is 2.53. The Bertz CT molecular complexity index is 1620. The van der Waals surface area contributed by atoms with Gasteiger partial charge in [-0.25, -0.2) is 4.79 Å². The maximum atomic E-state index is 13.8. The Balaban J connectivity index is 1.51. The average molecular weight is 592 g/mol. The molecule has 7 N–H and O–H groups in total. The molecule has 3 atom stereocenters. The lowest BCUT2D eigenvalue weighted by molar-refractivity contribution is -0.147. The summed E-state index contributed by atoms with van der Waals surface area (Å²) in [5.41, 5.74) is 4.68. The van der Waals surface area contributed by atoms with E-state index in [1.165, 1.54) is 7.11 Å². The molecule has 12 nitrogen and oxygen atoms in total. The van der Waals surface area contributed by atoms with Crippen LogP contribution in [0, 0.1) is 11.8 Å². The minimum atomic E-state index is -2.61. The molecule has 1 saturated carbocycles. The number of ether oxygens (including phenoxy) is 1. The van der Waals surface area contributed by atoms with Gasteiger partial charge in [0.05, 0.1) is 18.2 Å². The number of hydrogen-bond donors (Lipinski definition) is 6. The predicted octanol–water partition coefficient (Wildman–Crippen LogP) is 1.57. The number of rotatable bonds is 7. The summed E-state index contributed by atoms with van der Waals surface area (Å²) in [6.07, 6.45) is -0.0892. The summed E-state index contributed by atoms with van der Waals surface area (Å²) in [4.78, 5) is 51.7. The van der Waals surface area contributed by atoms with Crippen molar-refractivity contribution >= 4 is 34.9 Å². The number of anilines is 1. The highest BCUT2D eigenvalue weighted by Gasteiger charge is 2.60. The zero-order chi connectivity index (χ0) is 31.4. The molecule has 1 fully saturated rings. The second-order valence-corrected chi connectivity index (χ2v) is 11.4. The molecule has 0 radical (unpaired) electrons. The molecule has 2 unspecified atom stereocenters. The maximum Gasteiger partial charge on any atom is 0.337 e. The van der Waals surface area contributed by atoms with E-state index in [-0.39, 0.29) is 42.7 Å². The van der Waals surface area contributed by atoms with Gasteiger partial charge in [-0.15, -0.1) is 0 Å². The molecule has 226 valence electrons. The first-order valence-electron chi connectivity index (χ1n) is 13.7. The van der Waals surface area contributed by atoms with Crippen molar-refractivity contribution in [2.24, 2.45) is 17.6 Å². The lowest BCUT2D eigenvalue weighted by Crippen LogP contribution is -2.58. The summed E-state index contributed by atoms with van der Waals surface area (Å²) in [5.74, 6) is -7.04. The highest BCUT2D eigenvalue weighted by molar-refractivity contribution is 6.22. The van der Waals surface area contributed by atoms with Crippen molar-refractivity contribution in [3.05, 3.63) is 75.1 Å². The van der Waals surface area contributed by atoms with Gasteiger partial charge in [-0.3, -0.25) is 14.4 Å². The summed E-state index contributed by atoms with van der Waals surface area (Å²) in [6.45, 7) is 0.572. The van der Waals surface area contributed by atoms with Crippen LogP contribution >= 0.6 is 0 Å². The monoisotopic (exact) mass is 591 g/mol. The molecule has 0 saturated heterocycles. The average Bonchev–Trinajstić information content (AvgIpc) is 2.95. The molecule has 3 aliphatic rings. The number of nitrogens with two attached hydrogens (primary N) is 1. The zero-order valence-corrected chi connectivity index (χ0v) is 23.9. The Hall–Kier alpha value is -4.68. The Kier molecular flexibility index (Phi) is 7.53. The second-order valence-electron chi connectivity index (χ2n) is 11.4. The highest BCUT2D eigenvalue weighted by atomic mass is 16.5. The molecule has 0 spiro atoms. The van der Waals surface area contributed by atoms with E-state index >= 15 is 0 Å². The predicted molar refractivity (Wildman–Crippen MR) is 154 cm³/mol. The minimum Gasteiger partial charge on any atom is -0.508 e. The van der Waals surface area contributed by atoms with Crippen LogP contribution in [0.25, 0.3) is 5.76 Å². The molecule has 1 amide bonds. The Labute approximate surface area is 247 Å². The molecule has 0 aliphatic heterocycles. The first-order valence-corrected chi connectivity index (χ1v) is 13.7. The molecule has 12 heteroatoms. The molecule has 3 aliphatic carbocycles. The molecular weight excluding hydrogens is 558 g/mol. The number of aliphatic hydroxyl groups is 3. The molecule has 2 aromatic carbocycles. The van der Waals surface area contributed by atoms with Crippen LogP contribution in [0.2, 0.25) is 0 Å². The summed E-state index contributed by atoms with van der Waals surface area (Å²) in [5, 5.41) is 48.3. The van der Waals surface area contributed by atoms with Gasteiger partial charge in [-0.1, -0.05) is 12.1 Å². The van der Waals surface area contributed by atoms with Gasteiger partial charge in [0.1, 0.15) is 22.8 Å². The number of methoxy groups -OCH3 is 1.